The van der Waals surface area contributed by atoms with Crippen LogP contribution in [-0.4, -0.2) is 95.4 Å². The molecule has 3 fully saturated rings. The lowest BCUT2D eigenvalue weighted by Gasteiger charge is -2.55. The number of hydrogen-bond acceptors (Lipinski definition) is 9. The molecule has 3 aliphatic rings. The van der Waals surface area contributed by atoms with E-state index >= 15 is 0 Å². The van der Waals surface area contributed by atoms with Crippen molar-refractivity contribution in [2.24, 2.45) is 0 Å². The summed E-state index contributed by atoms with van der Waals surface area (Å²) in [6.07, 6.45) is -5.58. The Bertz CT molecular complexity index is 480. The van der Waals surface area contributed by atoms with Crippen LogP contribution in [0.4, 0.5) is 0 Å². The topological polar surface area (TPSA) is 161 Å². The molecule has 0 aromatic carbocycles. The summed E-state index contributed by atoms with van der Waals surface area (Å²) in [6.45, 7) is 1.70. The summed E-state index contributed by atoms with van der Waals surface area (Å²) in [4.78, 5) is 12.2. The predicted molar refractivity (Wildman–Crippen MR) is 80.0 cm³/mol. The quantitative estimate of drug-likeness (QED) is 0.337. The number of hydrogen-bond donors (Lipinski definition) is 5. The SMILES string of the molecule is CN[C@@H]1[C@H](O)[C@H](NC)[C@H]2O[C@@]3(O)C(=O)C[C@@H](C)O[C@H]3O[C@@H]2[C@H]1O.O. The number of ether oxygens (including phenoxy) is 3. The van der Waals surface area contributed by atoms with Gasteiger partial charge in [-0.05, 0) is 21.0 Å². The highest BCUT2D eigenvalue weighted by Crippen LogP contribution is 2.40. The van der Waals surface area contributed by atoms with E-state index in [1.165, 1.54) is 0 Å². The Hall–Kier alpha value is -0.690. The first-order valence-electron chi connectivity index (χ1n) is 7.78. The first-order chi connectivity index (χ1) is 10.8. The van der Waals surface area contributed by atoms with Gasteiger partial charge in [0, 0.05) is 6.42 Å². The van der Waals surface area contributed by atoms with Crippen LogP contribution in [0, 0.1) is 0 Å². The highest BCUT2D eigenvalue weighted by molar-refractivity contribution is 5.87. The van der Waals surface area contributed by atoms with Crippen LogP contribution >= 0.6 is 0 Å². The molecule has 1 saturated carbocycles. The molecule has 1 aliphatic carbocycles. The molecule has 2 heterocycles. The molecule has 0 unspecified atom stereocenters. The second-order valence-electron chi connectivity index (χ2n) is 6.40. The molecule has 24 heavy (non-hydrogen) atoms. The van der Waals surface area contributed by atoms with Gasteiger partial charge in [0.1, 0.15) is 18.3 Å². The molecule has 0 bridgehead atoms. The summed E-state index contributed by atoms with van der Waals surface area (Å²) in [5.74, 6) is -2.76. The third-order valence-electron chi connectivity index (χ3n) is 4.93. The summed E-state index contributed by atoms with van der Waals surface area (Å²) in [6, 6.07) is -1.29. The van der Waals surface area contributed by atoms with Crippen molar-refractivity contribution in [1.82, 2.24) is 10.6 Å². The van der Waals surface area contributed by atoms with E-state index in [1.54, 1.807) is 21.0 Å². The maximum atomic E-state index is 12.2. The number of likely N-dealkylation sites (N-methyl/N-ethyl adjacent to an activating group) is 2. The van der Waals surface area contributed by atoms with Crippen molar-refractivity contribution in [2.45, 2.75) is 68.0 Å². The molecular weight excluding hydrogens is 324 g/mol. The number of Topliss-reactive ketones (excluding diaryl/α,β-unsaturated/α-hetero) is 1. The molecule has 9 atom stereocenters. The zero-order valence-corrected chi connectivity index (χ0v) is 13.8. The van der Waals surface area contributed by atoms with E-state index in [0.29, 0.717) is 0 Å². The van der Waals surface area contributed by atoms with Crippen LogP contribution < -0.4 is 10.6 Å². The van der Waals surface area contributed by atoms with Gasteiger partial charge in [-0.15, -0.1) is 0 Å². The molecule has 0 amide bonds. The molecule has 10 nitrogen and oxygen atoms in total. The molecule has 0 radical (unpaired) electrons. The maximum absolute atomic E-state index is 12.2. The molecule has 2 aliphatic heterocycles. The van der Waals surface area contributed by atoms with Crippen molar-refractivity contribution < 1.29 is 39.8 Å². The molecule has 2 saturated heterocycles. The van der Waals surface area contributed by atoms with Crippen molar-refractivity contribution in [2.75, 3.05) is 14.1 Å². The lowest BCUT2D eigenvalue weighted by Crippen LogP contribution is -2.77. The number of carbonyl (C=O) groups excluding carboxylic acids is 1. The molecular formula is C14H26N2O8. The maximum Gasteiger partial charge on any atom is 0.280 e. The first kappa shape index (κ1) is 19.6. The fourth-order valence-corrected chi connectivity index (χ4v) is 3.68. The summed E-state index contributed by atoms with van der Waals surface area (Å²) < 4.78 is 16.8. The summed E-state index contributed by atoms with van der Waals surface area (Å²) >= 11 is 0. The summed E-state index contributed by atoms with van der Waals surface area (Å²) in [5.41, 5.74) is 0. The number of carbonyl (C=O) groups is 1. The van der Waals surface area contributed by atoms with Crippen molar-refractivity contribution in [3.05, 3.63) is 0 Å². The molecule has 0 spiro atoms. The second-order valence-corrected chi connectivity index (χ2v) is 6.40. The van der Waals surface area contributed by atoms with Crippen molar-refractivity contribution in [1.29, 1.82) is 0 Å². The molecule has 0 aromatic heterocycles. The summed E-state index contributed by atoms with van der Waals surface area (Å²) in [5, 5.41) is 37.2. The number of aliphatic hydroxyl groups excluding tert-OH is 2. The van der Waals surface area contributed by atoms with Crippen molar-refractivity contribution in [3.8, 4) is 0 Å². The van der Waals surface area contributed by atoms with Gasteiger partial charge >= 0.3 is 0 Å². The van der Waals surface area contributed by atoms with Crippen LogP contribution in [0.15, 0.2) is 0 Å². The minimum atomic E-state index is -2.23. The highest BCUT2D eigenvalue weighted by atomic mass is 16.8. The summed E-state index contributed by atoms with van der Waals surface area (Å²) in [7, 11) is 3.24. The molecule has 7 N–H and O–H groups in total. The Balaban J connectivity index is 0.00000208. The number of fused-ring (bicyclic) bond motifs is 2. The van der Waals surface area contributed by atoms with Crippen LogP contribution in [0.1, 0.15) is 13.3 Å². The van der Waals surface area contributed by atoms with E-state index in [-0.39, 0.29) is 11.9 Å². The lowest BCUT2D eigenvalue weighted by atomic mass is 9.80. The Morgan fingerprint density at radius 1 is 1.08 bits per heavy atom. The lowest BCUT2D eigenvalue weighted by molar-refractivity contribution is -0.420. The third-order valence-corrected chi connectivity index (χ3v) is 4.93. The predicted octanol–water partition coefficient (Wildman–Crippen LogP) is -3.75. The van der Waals surface area contributed by atoms with Crippen molar-refractivity contribution >= 4 is 5.78 Å². The van der Waals surface area contributed by atoms with E-state index in [9.17, 15) is 20.1 Å². The normalized spacial score (nSPS) is 51.3. The smallest absolute Gasteiger partial charge is 0.280 e. The Labute approximate surface area is 139 Å². The minimum Gasteiger partial charge on any atom is -0.412 e. The zero-order valence-electron chi connectivity index (χ0n) is 13.8. The molecule has 0 aromatic rings. The second kappa shape index (κ2) is 6.90. The van der Waals surface area contributed by atoms with Gasteiger partial charge in [0.2, 0.25) is 6.29 Å². The van der Waals surface area contributed by atoms with Crippen LogP contribution in [-0.2, 0) is 19.0 Å². The van der Waals surface area contributed by atoms with Gasteiger partial charge in [-0.25, -0.2) is 0 Å². The van der Waals surface area contributed by atoms with Gasteiger partial charge in [-0.2, -0.15) is 0 Å². The third kappa shape index (κ3) is 2.77. The molecule has 10 heteroatoms. The molecule has 3 rings (SSSR count). The fourth-order valence-electron chi connectivity index (χ4n) is 3.68. The van der Waals surface area contributed by atoms with Gasteiger partial charge < -0.3 is 45.6 Å². The van der Waals surface area contributed by atoms with Crippen LogP contribution in [0.2, 0.25) is 0 Å². The van der Waals surface area contributed by atoms with Gasteiger partial charge in [0.25, 0.3) is 5.79 Å². The van der Waals surface area contributed by atoms with Gasteiger partial charge in [-0.1, -0.05) is 0 Å². The first-order valence-corrected chi connectivity index (χ1v) is 7.78. The Kier molecular flexibility index (Phi) is 5.65. The van der Waals surface area contributed by atoms with Crippen LogP contribution in [0.5, 0.6) is 0 Å². The monoisotopic (exact) mass is 350 g/mol. The largest absolute Gasteiger partial charge is 0.412 e. The van der Waals surface area contributed by atoms with E-state index in [4.69, 9.17) is 14.2 Å². The number of aliphatic hydroxyl groups is 3. The van der Waals surface area contributed by atoms with E-state index in [0.717, 1.165) is 0 Å². The number of ketones is 1. The molecule has 140 valence electrons. The van der Waals surface area contributed by atoms with E-state index < -0.39 is 60.5 Å². The van der Waals surface area contributed by atoms with Gasteiger partial charge in [-0.3, -0.25) is 4.79 Å². The van der Waals surface area contributed by atoms with E-state index in [1.807, 2.05) is 0 Å². The zero-order chi connectivity index (χ0) is 16.9. The average molecular weight is 350 g/mol. The van der Waals surface area contributed by atoms with Crippen molar-refractivity contribution in [3.63, 3.8) is 0 Å². The fraction of sp³-hybridized carbons (Fsp3) is 0.929. The van der Waals surface area contributed by atoms with Gasteiger partial charge in [0.15, 0.2) is 5.78 Å². The van der Waals surface area contributed by atoms with Gasteiger partial charge in [0.05, 0.1) is 24.3 Å². The Morgan fingerprint density at radius 3 is 2.29 bits per heavy atom. The van der Waals surface area contributed by atoms with E-state index in [2.05, 4.69) is 10.6 Å². The Morgan fingerprint density at radius 2 is 1.71 bits per heavy atom. The number of nitrogens with one attached hydrogen (secondary N) is 2. The standard InChI is InChI=1S/C14H24N2O7.H2O/c1-5-4-6(17)14(20)13(21-5)22-12-10(19)7(15-2)9(18)8(16-3)11(12)23-14;/h5,7-13,15-16,18-20H,4H2,1-3H3;1H2/t5-,7-,8+,9+,10+,11-,12-,13+,14+;/m1./s1. The van der Waals surface area contributed by atoms with Crippen LogP contribution in [0.3, 0.4) is 0 Å². The minimum absolute atomic E-state index is 0. The van der Waals surface area contributed by atoms with Crippen LogP contribution in [0.25, 0.3) is 0 Å². The highest BCUT2D eigenvalue weighted by Gasteiger charge is 2.63. The number of rotatable bonds is 2. The average Bonchev–Trinajstić information content (AvgIpc) is 2.49.